The number of carbonyl (C=O) groups excluding carboxylic acids is 1. The van der Waals surface area contributed by atoms with Crippen molar-refractivity contribution in [3.63, 3.8) is 0 Å². The predicted octanol–water partition coefficient (Wildman–Crippen LogP) is 0.869. The van der Waals surface area contributed by atoms with Crippen LogP contribution in [0.2, 0.25) is 0 Å². The van der Waals surface area contributed by atoms with Gasteiger partial charge >= 0.3 is 0 Å². The fourth-order valence-corrected chi connectivity index (χ4v) is 2.82. The lowest BCUT2D eigenvalue weighted by Crippen LogP contribution is -2.42. The van der Waals surface area contributed by atoms with E-state index in [1.807, 2.05) is 11.8 Å². The number of hydrogen-bond donors (Lipinski definition) is 1. The van der Waals surface area contributed by atoms with Crippen LogP contribution in [-0.2, 0) is 9.53 Å². The lowest BCUT2D eigenvalue weighted by atomic mass is 9.99. The second kappa shape index (κ2) is 5.83. The summed E-state index contributed by atoms with van der Waals surface area (Å²) in [5, 5.41) is 3.28. The molecule has 0 aromatic heterocycles. The van der Waals surface area contributed by atoms with E-state index in [1.54, 1.807) is 0 Å². The van der Waals surface area contributed by atoms with Gasteiger partial charge in [-0.1, -0.05) is 6.92 Å². The summed E-state index contributed by atoms with van der Waals surface area (Å²) in [4.78, 5) is 14.3. The third kappa shape index (κ3) is 2.99. The molecule has 2 fully saturated rings. The van der Waals surface area contributed by atoms with E-state index in [9.17, 15) is 4.79 Å². The third-order valence-corrected chi connectivity index (χ3v) is 3.97. The quantitative estimate of drug-likeness (QED) is 0.793. The predicted molar refractivity (Wildman–Crippen MR) is 66.8 cm³/mol. The van der Waals surface area contributed by atoms with Gasteiger partial charge in [0.15, 0.2) is 0 Å². The molecule has 0 spiro atoms. The van der Waals surface area contributed by atoms with Gasteiger partial charge in [-0.15, -0.1) is 0 Å². The second-order valence-corrected chi connectivity index (χ2v) is 5.29. The van der Waals surface area contributed by atoms with Crippen LogP contribution in [0.5, 0.6) is 0 Å². The van der Waals surface area contributed by atoms with Gasteiger partial charge in [0, 0.05) is 25.6 Å². The number of hydrogen-bond acceptors (Lipinski definition) is 3. The van der Waals surface area contributed by atoms with Gasteiger partial charge in [0.1, 0.15) is 0 Å². The molecule has 2 aliphatic rings. The Kier molecular flexibility index (Phi) is 4.40. The maximum atomic E-state index is 12.2. The fourth-order valence-electron chi connectivity index (χ4n) is 2.82. The van der Waals surface area contributed by atoms with Gasteiger partial charge in [-0.3, -0.25) is 4.79 Å². The van der Waals surface area contributed by atoms with Crippen LogP contribution in [0.1, 0.15) is 26.7 Å². The standard InChI is InChI=1S/C13H24N2O2/c1-3-17-9-11-8-15(7-10(11)2)13(16)12-5-4-6-14-12/h10-12,14H,3-9H2,1-2H3. The van der Waals surface area contributed by atoms with Crippen molar-refractivity contribution in [2.45, 2.75) is 32.7 Å². The molecular weight excluding hydrogens is 216 g/mol. The molecule has 17 heavy (non-hydrogen) atoms. The summed E-state index contributed by atoms with van der Waals surface area (Å²) < 4.78 is 5.49. The van der Waals surface area contributed by atoms with Crippen LogP contribution < -0.4 is 5.32 Å². The highest BCUT2D eigenvalue weighted by Crippen LogP contribution is 2.24. The number of amides is 1. The Balaban J connectivity index is 1.84. The minimum absolute atomic E-state index is 0.0769. The van der Waals surface area contributed by atoms with Crippen LogP contribution in [0.25, 0.3) is 0 Å². The van der Waals surface area contributed by atoms with Crippen molar-refractivity contribution in [2.24, 2.45) is 11.8 Å². The van der Waals surface area contributed by atoms with Crippen molar-refractivity contribution in [1.29, 1.82) is 0 Å². The van der Waals surface area contributed by atoms with Crippen molar-refractivity contribution in [1.82, 2.24) is 10.2 Å². The monoisotopic (exact) mass is 240 g/mol. The zero-order chi connectivity index (χ0) is 12.3. The first-order chi connectivity index (χ1) is 8.22. The molecule has 0 aromatic carbocycles. The normalized spacial score (nSPS) is 33.3. The molecule has 0 aliphatic carbocycles. The first-order valence-electron chi connectivity index (χ1n) is 6.82. The maximum Gasteiger partial charge on any atom is 0.239 e. The number of ether oxygens (including phenoxy) is 1. The zero-order valence-electron chi connectivity index (χ0n) is 10.9. The van der Waals surface area contributed by atoms with E-state index < -0.39 is 0 Å². The van der Waals surface area contributed by atoms with E-state index in [4.69, 9.17) is 4.74 Å². The van der Waals surface area contributed by atoms with E-state index in [0.717, 1.165) is 45.7 Å². The molecule has 0 aromatic rings. The average Bonchev–Trinajstić information content (AvgIpc) is 2.95. The summed E-state index contributed by atoms with van der Waals surface area (Å²) in [6, 6.07) is 0.0769. The van der Waals surface area contributed by atoms with E-state index in [2.05, 4.69) is 12.2 Å². The highest BCUT2D eigenvalue weighted by molar-refractivity contribution is 5.82. The Morgan fingerprint density at radius 3 is 2.94 bits per heavy atom. The second-order valence-electron chi connectivity index (χ2n) is 5.29. The Labute approximate surface area is 104 Å². The fraction of sp³-hybridized carbons (Fsp3) is 0.923. The maximum absolute atomic E-state index is 12.2. The van der Waals surface area contributed by atoms with Crippen LogP contribution in [0.4, 0.5) is 0 Å². The molecule has 0 radical (unpaired) electrons. The third-order valence-electron chi connectivity index (χ3n) is 3.97. The minimum atomic E-state index is 0.0769. The molecule has 4 nitrogen and oxygen atoms in total. The van der Waals surface area contributed by atoms with Crippen LogP contribution >= 0.6 is 0 Å². The zero-order valence-corrected chi connectivity index (χ0v) is 10.9. The highest BCUT2D eigenvalue weighted by Gasteiger charge is 2.35. The minimum Gasteiger partial charge on any atom is -0.381 e. The van der Waals surface area contributed by atoms with Crippen molar-refractivity contribution < 1.29 is 9.53 Å². The average molecular weight is 240 g/mol. The molecule has 98 valence electrons. The van der Waals surface area contributed by atoms with Crippen molar-refractivity contribution in [3.8, 4) is 0 Å². The molecule has 2 heterocycles. The molecule has 2 saturated heterocycles. The lowest BCUT2D eigenvalue weighted by Gasteiger charge is -2.20. The SMILES string of the molecule is CCOCC1CN(C(=O)C2CCCN2)CC1C. The highest BCUT2D eigenvalue weighted by atomic mass is 16.5. The van der Waals surface area contributed by atoms with Crippen LogP contribution in [-0.4, -0.2) is 49.7 Å². The van der Waals surface area contributed by atoms with Gasteiger partial charge in [0.05, 0.1) is 12.6 Å². The van der Waals surface area contributed by atoms with Gasteiger partial charge in [0.25, 0.3) is 0 Å². The Bertz CT molecular complexity index is 264. The lowest BCUT2D eigenvalue weighted by molar-refractivity contribution is -0.132. The van der Waals surface area contributed by atoms with Crippen LogP contribution in [0.15, 0.2) is 0 Å². The Hall–Kier alpha value is -0.610. The van der Waals surface area contributed by atoms with Gasteiger partial charge in [0.2, 0.25) is 5.91 Å². The van der Waals surface area contributed by atoms with Gasteiger partial charge in [-0.05, 0) is 32.2 Å². The number of likely N-dealkylation sites (tertiary alicyclic amines) is 1. The van der Waals surface area contributed by atoms with Gasteiger partial charge in [-0.2, -0.15) is 0 Å². The molecule has 1 N–H and O–H groups in total. The molecule has 3 atom stereocenters. The van der Waals surface area contributed by atoms with Gasteiger partial charge in [-0.25, -0.2) is 0 Å². The topological polar surface area (TPSA) is 41.6 Å². The molecule has 0 saturated carbocycles. The summed E-state index contributed by atoms with van der Waals surface area (Å²) >= 11 is 0. The summed E-state index contributed by atoms with van der Waals surface area (Å²) in [5.74, 6) is 1.38. The molecule has 1 amide bonds. The van der Waals surface area contributed by atoms with Gasteiger partial charge < -0.3 is 15.0 Å². The number of nitrogens with one attached hydrogen (secondary N) is 1. The smallest absolute Gasteiger partial charge is 0.239 e. The summed E-state index contributed by atoms with van der Waals surface area (Å²) in [6.45, 7) is 8.56. The summed E-state index contributed by atoms with van der Waals surface area (Å²) in [7, 11) is 0. The Morgan fingerprint density at radius 2 is 2.29 bits per heavy atom. The first-order valence-corrected chi connectivity index (χ1v) is 6.82. The van der Waals surface area contributed by atoms with Crippen molar-refractivity contribution >= 4 is 5.91 Å². The van der Waals surface area contributed by atoms with E-state index in [0.29, 0.717) is 17.7 Å². The van der Waals surface area contributed by atoms with Crippen LogP contribution in [0, 0.1) is 11.8 Å². The largest absolute Gasteiger partial charge is 0.381 e. The molecular formula is C13H24N2O2. The number of rotatable bonds is 4. The number of nitrogens with zero attached hydrogens (tertiary/aromatic N) is 1. The van der Waals surface area contributed by atoms with E-state index in [1.165, 1.54) is 0 Å². The molecule has 2 aliphatic heterocycles. The molecule has 4 heteroatoms. The van der Waals surface area contributed by atoms with E-state index >= 15 is 0 Å². The number of carbonyl (C=O) groups is 1. The van der Waals surface area contributed by atoms with Crippen molar-refractivity contribution in [2.75, 3.05) is 32.8 Å². The van der Waals surface area contributed by atoms with E-state index in [-0.39, 0.29) is 6.04 Å². The first kappa shape index (κ1) is 12.8. The van der Waals surface area contributed by atoms with Crippen LogP contribution in [0.3, 0.4) is 0 Å². The summed E-state index contributed by atoms with van der Waals surface area (Å²) in [5.41, 5.74) is 0. The molecule has 2 rings (SSSR count). The Morgan fingerprint density at radius 1 is 1.47 bits per heavy atom. The van der Waals surface area contributed by atoms with Crippen molar-refractivity contribution in [3.05, 3.63) is 0 Å². The molecule has 0 bridgehead atoms. The molecule has 3 unspecified atom stereocenters. The summed E-state index contributed by atoms with van der Waals surface area (Å²) in [6.07, 6.45) is 2.13.